The SMILES string of the molecule is CC1CCCN(C2CCNCC2)C1. The van der Waals surface area contributed by atoms with Crippen molar-refractivity contribution in [3.05, 3.63) is 0 Å². The third-order valence-electron chi connectivity index (χ3n) is 3.51. The number of hydrogen-bond donors (Lipinski definition) is 1. The summed E-state index contributed by atoms with van der Waals surface area (Å²) in [5.41, 5.74) is 0. The van der Waals surface area contributed by atoms with Gasteiger partial charge in [0, 0.05) is 12.6 Å². The standard InChI is InChI=1S/C11H22N2/c1-10-3-2-8-13(9-10)11-4-6-12-7-5-11/h10-12H,2-9H2,1H3. The molecule has 2 saturated heterocycles. The van der Waals surface area contributed by atoms with Gasteiger partial charge in [0.2, 0.25) is 0 Å². The maximum absolute atomic E-state index is 3.44. The summed E-state index contributed by atoms with van der Waals surface area (Å²) in [6.45, 7) is 7.57. The Morgan fingerprint density at radius 3 is 2.62 bits per heavy atom. The second-order valence-electron chi connectivity index (χ2n) is 4.72. The van der Waals surface area contributed by atoms with Gasteiger partial charge in [0.1, 0.15) is 0 Å². The minimum Gasteiger partial charge on any atom is -0.317 e. The molecule has 13 heavy (non-hydrogen) atoms. The third kappa shape index (κ3) is 2.44. The number of nitrogens with one attached hydrogen (secondary N) is 1. The van der Waals surface area contributed by atoms with E-state index in [1.54, 1.807) is 0 Å². The van der Waals surface area contributed by atoms with E-state index < -0.39 is 0 Å². The molecule has 0 spiro atoms. The van der Waals surface area contributed by atoms with Crippen LogP contribution in [0, 0.1) is 5.92 Å². The monoisotopic (exact) mass is 182 g/mol. The van der Waals surface area contributed by atoms with Gasteiger partial charge < -0.3 is 10.2 Å². The average Bonchev–Trinajstić information content (AvgIpc) is 2.19. The molecule has 2 aliphatic rings. The van der Waals surface area contributed by atoms with Crippen molar-refractivity contribution >= 4 is 0 Å². The summed E-state index contributed by atoms with van der Waals surface area (Å²) in [6.07, 6.45) is 5.60. The van der Waals surface area contributed by atoms with Gasteiger partial charge in [-0.15, -0.1) is 0 Å². The van der Waals surface area contributed by atoms with E-state index in [0.29, 0.717) is 0 Å². The maximum Gasteiger partial charge on any atom is 0.0119 e. The van der Waals surface area contributed by atoms with Gasteiger partial charge in [-0.1, -0.05) is 6.92 Å². The summed E-state index contributed by atoms with van der Waals surface area (Å²) in [4.78, 5) is 2.73. The Morgan fingerprint density at radius 1 is 1.15 bits per heavy atom. The van der Waals surface area contributed by atoms with Crippen molar-refractivity contribution in [2.24, 2.45) is 5.92 Å². The predicted molar refractivity (Wildman–Crippen MR) is 55.9 cm³/mol. The lowest BCUT2D eigenvalue weighted by molar-refractivity contribution is 0.108. The molecule has 2 nitrogen and oxygen atoms in total. The minimum atomic E-state index is 0.893. The summed E-state index contributed by atoms with van der Waals surface area (Å²) in [6, 6.07) is 0.893. The van der Waals surface area contributed by atoms with E-state index in [-0.39, 0.29) is 0 Å². The fourth-order valence-corrected chi connectivity index (χ4v) is 2.73. The van der Waals surface area contributed by atoms with Crippen LogP contribution in [0.4, 0.5) is 0 Å². The lowest BCUT2D eigenvalue weighted by Crippen LogP contribution is -2.47. The molecule has 2 aliphatic heterocycles. The van der Waals surface area contributed by atoms with Crippen LogP contribution in [0.25, 0.3) is 0 Å². The Morgan fingerprint density at radius 2 is 1.92 bits per heavy atom. The van der Waals surface area contributed by atoms with Crippen LogP contribution in [0.15, 0.2) is 0 Å². The fourth-order valence-electron chi connectivity index (χ4n) is 2.73. The van der Waals surface area contributed by atoms with Gasteiger partial charge >= 0.3 is 0 Å². The molecular formula is C11H22N2. The Balaban J connectivity index is 1.83. The zero-order chi connectivity index (χ0) is 9.10. The molecule has 2 heteroatoms. The predicted octanol–water partition coefficient (Wildman–Crippen LogP) is 1.47. The van der Waals surface area contributed by atoms with E-state index in [1.807, 2.05) is 0 Å². The Bertz CT molecular complexity index is 152. The van der Waals surface area contributed by atoms with Crippen LogP contribution in [0.1, 0.15) is 32.6 Å². The Labute approximate surface area is 81.7 Å². The van der Waals surface area contributed by atoms with Crippen LogP contribution >= 0.6 is 0 Å². The van der Waals surface area contributed by atoms with Crippen LogP contribution < -0.4 is 5.32 Å². The van der Waals surface area contributed by atoms with E-state index in [0.717, 1.165) is 12.0 Å². The van der Waals surface area contributed by atoms with E-state index in [9.17, 15) is 0 Å². The molecule has 0 aromatic rings. The lowest BCUT2D eigenvalue weighted by atomic mass is 9.96. The van der Waals surface area contributed by atoms with E-state index in [4.69, 9.17) is 0 Å². The van der Waals surface area contributed by atoms with Crippen LogP contribution in [0.5, 0.6) is 0 Å². The van der Waals surface area contributed by atoms with Crippen LogP contribution in [-0.4, -0.2) is 37.1 Å². The smallest absolute Gasteiger partial charge is 0.0119 e. The molecule has 0 saturated carbocycles. The highest BCUT2D eigenvalue weighted by Gasteiger charge is 2.24. The first-order valence-corrected chi connectivity index (χ1v) is 5.81. The summed E-state index contributed by atoms with van der Waals surface area (Å²) >= 11 is 0. The molecule has 0 radical (unpaired) electrons. The van der Waals surface area contributed by atoms with Gasteiger partial charge in [0.25, 0.3) is 0 Å². The first-order chi connectivity index (χ1) is 6.36. The summed E-state index contributed by atoms with van der Waals surface area (Å²) < 4.78 is 0. The van der Waals surface area contributed by atoms with Crippen LogP contribution in [0.3, 0.4) is 0 Å². The normalized spacial score (nSPS) is 33.5. The first kappa shape index (κ1) is 9.47. The highest BCUT2D eigenvalue weighted by molar-refractivity contribution is 4.81. The van der Waals surface area contributed by atoms with Gasteiger partial charge in [0.05, 0.1) is 0 Å². The summed E-state index contributed by atoms with van der Waals surface area (Å²) in [7, 11) is 0. The molecule has 76 valence electrons. The van der Waals surface area contributed by atoms with Crippen LogP contribution in [-0.2, 0) is 0 Å². The Kier molecular flexibility index (Phi) is 3.23. The molecule has 0 amide bonds. The molecule has 2 fully saturated rings. The molecule has 1 atom stereocenters. The van der Waals surface area contributed by atoms with Crippen molar-refractivity contribution in [1.82, 2.24) is 10.2 Å². The third-order valence-corrected chi connectivity index (χ3v) is 3.51. The largest absolute Gasteiger partial charge is 0.317 e. The fraction of sp³-hybridized carbons (Fsp3) is 1.00. The molecular weight excluding hydrogens is 160 g/mol. The summed E-state index contributed by atoms with van der Waals surface area (Å²) in [5, 5.41) is 3.44. The zero-order valence-corrected chi connectivity index (χ0v) is 8.76. The highest BCUT2D eigenvalue weighted by Crippen LogP contribution is 2.21. The van der Waals surface area contributed by atoms with Crippen LogP contribution in [0.2, 0.25) is 0 Å². The molecule has 2 heterocycles. The topological polar surface area (TPSA) is 15.3 Å². The number of likely N-dealkylation sites (tertiary alicyclic amines) is 1. The van der Waals surface area contributed by atoms with E-state index in [2.05, 4.69) is 17.1 Å². The average molecular weight is 182 g/mol. The van der Waals surface area contributed by atoms with Crippen molar-refractivity contribution in [2.45, 2.75) is 38.6 Å². The molecule has 2 rings (SSSR count). The molecule has 0 aromatic carbocycles. The van der Waals surface area contributed by atoms with Crippen molar-refractivity contribution < 1.29 is 0 Å². The van der Waals surface area contributed by atoms with Crippen molar-refractivity contribution in [2.75, 3.05) is 26.2 Å². The van der Waals surface area contributed by atoms with E-state index in [1.165, 1.54) is 51.9 Å². The quantitative estimate of drug-likeness (QED) is 0.660. The number of piperidine rings is 2. The molecule has 1 N–H and O–H groups in total. The maximum atomic E-state index is 3.44. The Hall–Kier alpha value is -0.0800. The molecule has 0 aromatic heterocycles. The van der Waals surface area contributed by atoms with Crippen molar-refractivity contribution in [1.29, 1.82) is 0 Å². The number of nitrogens with zero attached hydrogens (tertiary/aromatic N) is 1. The van der Waals surface area contributed by atoms with Crippen molar-refractivity contribution in [3.63, 3.8) is 0 Å². The highest BCUT2D eigenvalue weighted by atomic mass is 15.2. The molecule has 1 unspecified atom stereocenters. The molecule has 0 aliphatic carbocycles. The second kappa shape index (κ2) is 4.43. The van der Waals surface area contributed by atoms with Gasteiger partial charge in [-0.25, -0.2) is 0 Å². The lowest BCUT2D eigenvalue weighted by Gasteiger charge is -2.39. The molecule has 0 bridgehead atoms. The number of rotatable bonds is 1. The second-order valence-corrected chi connectivity index (χ2v) is 4.72. The zero-order valence-electron chi connectivity index (χ0n) is 8.76. The van der Waals surface area contributed by atoms with Gasteiger partial charge in [-0.3, -0.25) is 0 Å². The van der Waals surface area contributed by atoms with Gasteiger partial charge in [0.15, 0.2) is 0 Å². The van der Waals surface area contributed by atoms with Gasteiger partial charge in [-0.05, 0) is 51.2 Å². The van der Waals surface area contributed by atoms with E-state index >= 15 is 0 Å². The number of hydrogen-bond acceptors (Lipinski definition) is 2. The first-order valence-electron chi connectivity index (χ1n) is 5.81. The minimum absolute atomic E-state index is 0.893. The van der Waals surface area contributed by atoms with Gasteiger partial charge in [-0.2, -0.15) is 0 Å². The van der Waals surface area contributed by atoms with Crippen molar-refractivity contribution in [3.8, 4) is 0 Å². The summed E-state index contributed by atoms with van der Waals surface area (Å²) in [5.74, 6) is 0.934.